The molecule has 0 saturated carbocycles. The van der Waals surface area contributed by atoms with E-state index >= 15 is 0 Å². The summed E-state index contributed by atoms with van der Waals surface area (Å²) >= 11 is 0. The van der Waals surface area contributed by atoms with Gasteiger partial charge in [0.1, 0.15) is 11.3 Å². The predicted octanol–water partition coefficient (Wildman–Crippen LogP) is 0.430. The van der Waals surface area contributed by atoms with Crippen LogP contribution in [0.2, 0.25) is 0 Å². The van der Waals surface area contributed by atoms with Gasteiger partial charge < -0.3 is 20.4 Å². The average molecular weight is 315 g/mol. The number of H-pyrrole nitrogens is 1. The van der Waals surface area contributed by atoms with Gasteiger partial charge in [-0.05, 0) is 29.8 Å². The fraction of sp³-hybridized carbons (Fsp3) is 0.188. The molecule has 0 atom stereocenters. The zero-order valence-corrected chi connectivity index (χ0v) is 12.6. The van der Waals surface area contributed by atoms with Crippen molar-refractivity contribution in [1.29, 1.82) is 0 Å². The van der Waals surface area contributed by atoms with Crippen LogP contribution >= 0.6 is 0 Å². The van der Waals surface area contributed by atoms with Crippen LogP contribution in [0.3, 0.4) is 0 Å². The van der Waals surface area contributed by atoms with Crippen LogP contribution in [0.5, 0.6) is 5.75 Å². The minimum absolute atomic E-state index is 0.0551. The van der Waals surface area contributed by atoms with Crippen molar-refractivity contribution in [1.82, 2.24) is 15.6 Å². The summed E-state index contributed by atoms with van der Waals surface area (Å²) in [4.78, 5) is 37.1. The molecule has 0 bridgehead atoms. The Balaban J connectivity index is 1.96. The van der Waals surface area contributed by atoms with Crippen molar-refractivity contribution >= 4 is 11.8 Å². The molecule has 0 saturated heterocycles. The van der Waals surface area contributed by atoms with E-state index in [-0.39, 0.29) is 24.6 Å². The maximum Gasteiger partial charge on any atom is 0.260 e. The zero-order valence-electron chi connectivity index (χ0n) is 12.6. The number of ether oxygens (including phenoxy) is 1. The van der Waals surface area contributed by atoms with Gasteiger partial charge in [-0.3, -0.25) is 14.4 Å². The van der Waals surface area contributed by atoms with E-state index < -0.39 is 11.5 Å². The van der Waals surface area contributed by atoms with Crippen LogP contribution in [0.25, 0.3) is 0 Å². The lowest BCUT2D eigenvalue weighted by molar-refractivity contribution is -0.122. The number of rotatable bonds is 6. The number of amides is 2. The van der Waals surface area contributed by atoms with E-state index in [4.69, 9.17) is 4.74 Å². The largest absolute Gasteiger partial charge is 0.484 e. The smallest absolute Gasteiger partial charge is 0.260 e. The molecular formula is C16H17N3O4. The van der Waals surface area contributed by atoms with Crippen LogP contribution in [0.15, 0.2) is 47.4 Å². The summed E-state index contributed by atoms with van der Waals surface area (Å²) in [5, 5.41) is 5.13. The molecule has 7 nitrogen and oxygen atoms in total. The number of aromatic nitrogens is 1. The van der Waals surface area contributed by atoms with Gasteiger partial charge in [0.2, 0.25) is 0 Å². The molecule has 23 heavy (non-hydrogen) atoms. The Hall–Kier alpha value is -3.09. The molecule has 1 aromatic carbocycles. The van der Waals surface area contributed by atoms with Crippen LogP contribution in [-0.4, -0.2) is 30.5 Å². The van der Waals surface area contributed by atoms with Crippen LogP contribution < -0.4 is 20.9 Å². The lowest BCUT2D eigenvalue weighted by Crippen LogP contribution is -2.28. The summed E-state index contributed by atoms with van der Waals surface area (Å²) in [6, 6.07) is 10.0. The van der Waals surface area contributed by atoms with Crippen molar-refractivity contribution < 1.29 is 14.3 Å². The number of likely N-dealkylation sites (N-methyl/N-ethyl adjacent to an activating group) is 1. The number of aromatic amines is 1. The summed E-state index contributed by atoms with van der Waals surface area (Å²) in [5.74, 6) is -0.159. The van der Waals surface area contributed by atoms with Gasteiger partial charge in [0.25, 0.3) is 17.4 Å². The molecule has 0 unspecified atom stereocenters. The van der Waals surface area contributed by atoms with Crippen LogP contribution in [-0.2, 0) is 11.3 Å². The Bertz CT molecular complexity index is 755. The summed E-state index contributed by atoms with van der Waals surface area (Å²) in [5.41, 5.74) is 0.410. The van der Waals surface area contributed by atoms with E-state index in [0.717, 1.165) is 5.56 Å². The normalized spacial score (nSPS) is 9.96. The summed E-state index contributed by atoms with van der Waals surface area (Å²) in [6.45, 7) is 0.163. The number of pyridine rings is 1. The van der Waals surface area contributed by atoms with Crippen molar-refractivity contribution in [2.45, 2.75) is 6.54 Å². The molecule has 0 radical (unpaired) electrons. The molecule has 2 aromatic rings. The third kappa shape index (κ3) is 4.70. The second-order valence-electron chi connectivity index (χ2n) is 4.70. The van der Waals surface area contributed by atoms with Crippen molar-refractivity contribution in [3.8, 4) is 5.75 Å². The number of nitrogens with one attached hydrogen (secondary N) is 3. The van der Waals surface area contributed by atoms with Crippen molar-refractivity contribution in [2.24, 2.45) is 0 Å². The molecule has 0 aliphatic heterocycles. The Morgan fingerprint density at radius 1 is 1.22 bits per heavy atom. The van der Waals surface area contributed by atoms with Crippen LogP contribution in [0, 0.1) is 0 Å². The van der Waals surface area contributed by atoms with Gasteiger partial charge in [-0.15, -0.1) is 0 Å². The number of carbonyl (C=O) groups excluding carboxylic acids is 2. The first-order valence-corrected chi connectivity index (χ1v) is 6.98. The SMILES string of the molecule is CNC(=O)COc1cccc(CNC(=O)c2ccc[nH]c2=O)c1. The van der Waals surface area contributed by atoms with Crippen molar-refractivity contribution in [3.05, 3.63) is 64.1 Å². The summed E-state index contributed by atoms with van der Waals surface area (Å²) in [6.07, 6.45) is 1.46. The van der Waals surface area contributed by atoms with Gasteiger partial charge in [-0.2, -0.15) is 0 Å². The van der Waals surface area contributed by atoms with Gasteiger partial charge in [0.15, 0.2) is 6.61 Å². The number of hydrogen-bond donors (Lipinski definition) is 3. The first kappa shape index (κ1) is 16.3. The lowest BCUT2D eigenvalue weighted by atomic mass is 10.2. The monoisotopic (exact) mass is 315 g/mol. The van der Waals surface area contributed by atoms with E-state index in [9.17, 15) is 14.4 Å². The van der Waals surface area contributed by atoms with E-state index in [0.29, 0.717) is 5.75 Å². The van der Waals surface area contributed by atoms with Gasteiger partial charge in [0, 0.05) is 19.8 Å². The topological polar surface area (TPSA) is 100 Å². The molecule has 1 aromatic heterocycles. The molecular weight excluding hydrogens is 298 g/mol. The number of carbonyl (C=O) groups is 2. The molecule has 2 rings (SSSR count). The second-order valence-corrected chi connectivity index (χ2v) is 4.70. The Kier molecular flexibility index (Phi) is 5.51. The van der Waals surface area contributed by atoms with Gasteiger partial charge >= 0.3 is 0 Å². The van der Waals surface area contributed by atoms with Crippen LogP contribution in [0.1, 0.15) is 15.9 Å². The molecule has 0 aliphatic carbocycles. The molecule has 3 N–H and O–H groups in total. The quantitative estimate of drug-likeness (QED) is 0.719. The molecule has 0 fully saturated rings. The van der Waals surface area contributed by atoms with E-state index in [1.807, 2.05) is 6.07 Å². The highest BCUT2D eigenvalue weighted by molar-refractivity contribution is 5.93. The van der Waals surface area contributed by atoms with Gasteiger partial charge in [-0.25, -0.2) is 0 Å². The maximum atomic E-state index is 12.0. The highest BCUT2D eigenvalue weighted by Crippen LogP contribution is 2.13. The first-order valence-electron chi connectivity index (χ1n) is 6.98. The molecule has 0 aliphatic rings. The lowest BCUT2D eigenvalue weighted by Gasteiger charge is -2.08. The van der Waals surface area contributed by atoms with Crippen molar-refractivity contribution in [2.75, 3.05) is 13.7 Å². The minimum Gasteiger partial charge on any atom is -0.484 e. The molecule has 2 amide bonds. The molecule has 1 heterocycles. The third-order valence-electron chi connectivity index (χ3n) is 3.06. The number of benzene rings is 1. The van der Waals surface area contributed by atoms with Crippen molar-refractivity contribution in [3.63, 3.8) is 0 Å². The fourth-order valence-corrected chi connectivity index (χ4v) is 1.84. The average Bonchev–Trinajstić information content (AvgIpc) is 2.58. The highest BCUT2D eigenvalue weighted by atomic mass is 16.5. The fourth-order valence-electron chi connectivity index (χ4n) is 1.84. The van der Waals surface area contributed by atoms with Crippen LogP contribution in [0.4, 0.5) is 0 Å². The standard InChI is InChI=1S/C16H17N3O4/c1-17-14(20)10-23-12-5-2-4-11(8-12)9-19-16(22)13-6-3-7-18-15(13)21/h2-8H,9-10H2,1H3,(H,17,20)(H,18,21)(H,19,22). The minimum atomic E-state index is -0.455. The summed E-state index contributed by atoms with van der Waals surface area (Å²) in [7, 11) is 1.53. The maximum absolute atomic E-state index is 12.0. The van der Waals surface area contributed by atoms with E-state index in [2.05, 4.69) is 15.6 Å². The predicted molar refractivity (Wildman–Crippen MR) is 84.2 cm³/mol. The third-order valence-corrected chi connectivity index (χ3v) is 3.06. The molecule has 0 spiro atoms. The van der Waals surface area contributed by atoms with E-state index in [1.54, 1.807) is 24.3 Å². The van der Waals surface area contributed by atoms with E-state index in [1.165, 1.54) is 19.3 Å². The van der Waals surface area contributed by atoms with Gasteiger partial charge in [-0.1, -0.05) is 12.1 Å². The molecule has 7 heteroatoms. The second kappa shape index (κ2) is 7.79. The summed E-state index contributed by atoms with van der Waals surface area (Å²) < 4.78 is 5.33. The highest BCUT2D eigenvalue weighted by Gasteiger charge is 2.09. The molecule has 120 valence electrons. The first-order chi connectivity index (χ1) is 11.1. The Morgan fingerprint density at radius 2 is 2.04 bits per heavy atom. The Morgan fingerprint density at radius 3 is 2.78 bits per heavy atom. The Labute approximate surface area is 132 Å². The van der Waals surface area contributed by atoms with Gasteiger partial charge in [0.05, 0.1) is 0 Å². The number of hydrogen-bond acceptors (Lipinski definition) is 4. The zero-order chi connectivity index (χ0) is 16.7.